The molecule has 0 spiro atoms. The van der Waals surface area contributed by atoms with Crippen molar-refractivity contribution in [3.8, 4) is 11.6 Å². The van der Waals surface area contributed by atoms with Crippen LogP contribution in [0.3, 0.4) is 0 Å². The van der Waals surface area contributed by atoms with Crippen molar-refractivity contribution in [3.63, 3.8) is 0 Å². The molecular formula is C27H29Cl2N3O4. The van der Waals surface area contributed by atoms with Gasteiger partial charge in [0.25, 0.3) is 0 Å². The zero-order chi connectivity index (χ0) is 23.9. The zero-order valence-electron chi connectivity index (χ0n) is 20.0. The summed E-state index contributed by atoms with van der Waals surface area (Å²) in [5.74, 6) is 0.496. The van der Waals surface area contributed by atoms with Crippen LogP contribution < -0.4 is 15.2 Å². The first kappa shape index (κ1) is 28.8. The van der Waals surface area contributed by atoms with E-state index in [0.717, 1.165) is 27.7 Å². The van der Waals surface area contributed by atoms with Crippen LogP contribution >= 0.6 is 24.8 Å². The molecule has 190 valence electrons. The number of fused-ring (bicyclic) bond motifs is 1. The van der Waals surface area contributed by atoms with Gasteiger partial charge in [-0.3, -0.25) is 4.98 Å². The Morgan fingerprint density at radius 3 is 2.56 bits per heavy atom. The monoisotopic (exact) mass is 529 g/mol. The van der Waals surface area contributed by atoms with Crippen LogP contribution in [-0.4, -0.2) is 35.7 Å². The number of halogens is 2. The van der Waals surface area contributed by atoms with Gasteiger partial charge in [0.15, 0.2) is 0 Å². The number of esters is 1. The van der Waals surface area contributed by atoms with E-state index in [-0.39, 0.29) is 44.1 Å². The van der Waals surface area contributed by atoms with Crippen LogP contribution in [0.1, 0.15) is 27.3 Å². The Morgan fingerprint density at radius 1 is 1.03 bits per heavy atom. The van der Waals surface area contributed by atoms with E-state index < -0.39 is 5.97 Å². The molecule has 2 aromatic heterocycles. The molecule has 4 aromatic rings. The molecule has 9 heteroatoms. The average Bonchev–Trinajstić information content (AvgIpc) is 2.86. The Bertz CT molecular complexity index is 1290. The number of nitrogens with zero attached hydrogens (tertiary/aromatic N) is 2. The van der Waals surface area contributed by atoms with Gasteiger partial charge in [-0.2, -0.15) is 0 Å². The van der Waals surface area contributed by atoms with Crippen molar-refractivity contribution >= 4 is 41.6 Å². The van der Waals surface area contributed by atoms with Crippen LogP contribution in [0.25, 0.3) is 10.8 Å². The van der Waals surface area contributed by atoms with Crippen molar-refractivity contribution in [2.24, 2.45) is 5.73 Å². The van der Waals surface area contributed by atoms with E-state index in [9.17, 15) is 4.79 Å². The highest BCUT2D eigenvalue weighted by molar-refractivity contribution is 6.07. The van der Waals surface area contributed by atoms with E-state index in [1.165, 1.54) is 0 Å². The SMILES string of the molecule is COc1cccc(C[C@@H](N)COc2ccc3cnc(C)cc3c2C(=O)OCc2ccccc2)n1.Cl.Cl. The Hall–Kier alpha value is -3.39. The highest BCUT2D eigenvalue weighted by Gasteiger charge is 2.20. The molecule has 7 nitrogen and oxygen atoms in total. The normalized spacial score (nSPS) is 11.1. The van der Waals surface area contributed by atoms with Crippen molar-refractivity contribution in [1.29, 1.82) is 0 Å². The lowest BCUT2D eigenvalue weighted by Crippen LogP contribution is -2.31. The molecule has 0 unspecified atom stereocenters. The molecular weight excluding hydrogens is 501 g/mol. The number of methoxy groups -OCH3 is 1. The van der Waals surface area contributed by atoms with Gasteiger partial charge in [-0.25, -0.2) is 9.78 Å². The summed E-state index contributed by atoms with van der Waals surface area (Å²) in [5.41, 5.74) is 9.18. The molecule has 4 rings (SSSR count). The van der Waals surface area contributed by atoms with Crippen molar-refractivity contribution in [1.82, 2.24) is 9.97 Å². The molecule has 0 radical (unpaired) electrons. The molecule has 0 amide bonds. The van der Waals surface area contributed by atoms with E-state index in [1.807, 2.05) is 61.5 Å². The van der Waals surface area contributed by atoms with Gasteiger partial charge in [0.2, 0.25) is 5.88 Å². The number of aromatic nitrogens is 2. The predicted molar refractivity (Wildman–Crippen MR) is 145 cm³/mol. The van der Waals surface area contributed by atoms with Gasteiger partial charge in [-0.1, -0.05) is 36.4 Å². The number of nitrogens with two attached hydrogens (primary N) is 1. The largest absolute Gasteiger partial charge is 0.491 e. The van der Waals surface area contributed by atoms with Gasteiger partial charge >= 0.3 is 5.97 Å². The van der Waals surface area contributed by atoms with Crippen LogP contribution in [-0.2, 0) is 17.8 Å². The third-order valence-corrected chi connectivity index (χ3v) is 5.33. The van der Waals surface area contributed by atoms with E-state index in [4.69, 9.17) is 19.9 Å². The Balaban J connectivity index is 0.00000228. The summed E-state index contributed by atoms with van der Waals surface area (Å²) in [4.78, 5) is 21.9. The fraction of sp³-hybridized carbons (Fsp3) is 0.222. The molecule has 0 aliphatic heterocycles. The van der Waals surface area contributed by atoms with Gasteiger partial charge in [0.05, 0.1) is 7.11 Å². The topological polar surface area (TPSA) is 96.6 Å². The second-order valence-corrected chi connectivity index (χ2v) is 7.99. The first-order chi connectivity index (χ1) is 16.5. The molecule has 0 aliphatic carbocycles. The number of pyridine rings is 2. The molecule has 0 aliphatic rings. The van der Waals surface area contributed by atoms with Crippen molar-refractivity contribution in [2.75, 3.05) is 13.7 Å². The second kappa shape index (κ2) is 13.6. The number of carbonyl (C=O) groups is 1. The van der Waals surface area contributed by atoms with Crippen molar-refractivity contribution in [2.45, 2.75) is 26.0 Å². The van der Waals surface area contributed by atoms with Gasteiger partial charge in [0, 0.05) is 46.9 Å². The lowest BCUT2D eigenvalue weighted by atomic mass is 10.0. The fourth-order valence-corrected chi connectivity index (χ4v) is 3.64. The van der Waals surface area contributed by atoms with Crippen molar-refractivity contribution in [3.05, 3.63) is 95.4 Å². The summed E-state index contributed by atoms with van der Waals surface area (Å²) in [6.07, 6.45) is 2.24. The summed E-state index contributed by atoms with van der Waals surface area (Å²) < 4.78 is 16.9. The number of rotatable bonds is 9. The first-order valence-corrected chi connectivity index (χ1v) is 11.0. The summed E-state index contributed by atoms with van der Waals surface area (Å²) in [7, 11) is 1.57. The number of hydrogen-bond acceptors (Lipinski definition) is 7. The lowest BCUT2D eigenvalue weighted by Gasteiger charge is -2.17. The van der Waals surface area contributed by atoms with E-state index in [0.29, 0.717) is 23.6 Å². The third kappa shape index (κ3) is 7.31. The van der Waals surface area contributed by atoms with Gasteiger partial charge < -0.3 is 19.9 Å². The molecule has 0 bridgehead atoms. The van der Waals surface area contributed by atoms with Gasteiger partial charge in [-0.05, 0) is 36.8 Å². The number of carbonyl (C=O) groups excluding carboxylic acids is 1. The van der Waals surface area contributed by atoms with Crippen LogP contribution in [0, 0.1) is 6.92 Å². The quantitative estimate of drug-likeness (QED) is 0.301. The Morgan fingerprint density at radius 2 is 1.81 bits per heavy atom. The minimum absolute atomic E-state index is 0. The third-order valence-electron chi connectivity index (χ3n) is 5.33. The molecule has 2 heterocycles. The Labute approximate surface area is 222 Å². The number of aryl methyl sites for hydroxylation is 1. The van der Waals surface area contributed by atoms with Crippen LogP contribution in [0.15, 0.2) is 72.9 Å². The lowest BCUT2D eigenvalue weighted by molar-refractivity contribution is 0.0470. The first-order valence-electron chi connectivity index (χ1n) is 11.0. The molecule has 1 atom stereocenters. The molecule has 36 heavy (non-hydrogen) atoms. The minimum atomic E-state index is -0.460. The number of hydrogen-bond donors (Lipinski definition) is 1. The summed E-state index contributed by atoms with van der Waals surface area (Å²) >= 11 is 0. The molecule has 2 aromatic carbocycles. The minimum Gasteiger partial charge on any atom is -0.491 e. The van der Waals surface area contributed by atoms with Crippen LogP contribution in [0.2, 0.25) is 0 Å². The van der Waals surface area contributed by atoms with Crippen molar-refractivity contribution < 1.29 is 19.0 Å². The maximum Gasteiger partial charge on any atom is 0.342 e. The van der Waals surface area contributed by atoms with E-state index >= 15 is 0 Å². The predicted octanol–water partition coefficient (Wildman–Crippen LogP) is 5.10. The zero-order valence-corrected chi connectivity index (χ0v) is 21.7. The average molecular weight is 530 g/mol. The number of benzene rings is 2. The van der Waals surface area contributed by atoms with Gasteiger partial charge in [-0.15, -0.1) is 24.8 Å². The number of ether oxygens (including phenoxy) is 3. The summed E-state index contributed by atoms with van der Waals surface area (Å²) in [6.45, 7) is 2.25. The van der Waals surface area contributed by atoms with Crippen LogP contribution in [0.4, 0.5) is 0 Å². The maximum atomic E-state index is 13.2. The summed E-state index contributed by atoms with van der Waals surface area (Å²) in [6, 6.07) is 20.3. The fourth-order valence-electron chi connectivity index (χ4n) is 3.64. The molecule has 0 fully saturated rings. The molecule has 2 N–H and O–H groups in total. The summed E-state index contributed by atoms with van der Waals surface area (Å²) in [5, 5.41) is 1.56. The smallest absolute Gasteiger partial charge is 0.342 e. The van der Waals surface area contributed by atoms with Crippen LogP contribution in [0.5, 0.6) is 11.6 Å². The Kier molecular flexibility index (Phi) is 10.9. The maximum absolute atomic E-state index is 13.2. The second-order valence-electron chi connectivity index (χ2n) is 7.99. The van der Waals surface area contributed by atoms with E-state index in [2.05, 4.69) is 9.97 Å². The highest BCUT2D eigenvalue weighted by Crippen LogP contribution is 2.29. The standard InChI is InChI=1S/C27H27N3O4.2ClH/c1-18-13-23-20(15-29-18)11-12-24(26(23)27(31)34-16-19-7-4-3-5-8-19)33-17-21(28)14-22-9-6-10-25(30-22)32-2;;/h3-13,15,21H,14,16-17,28H2,1-2H3;2*1H/t21-;;/m1../s1. The molecule has 0 saturated heterocycles. The van der Waals surface area contributed by atoms with E-state index in [1.54, 1.807) is 25.4 Å². The van der Waals surface area contributed by atoms with Gasteiger partial charge in [0.1, 0.15) is 24.5 Å². The highest BCUT2D eigenvalue weighted by atomic mass is 35.5. The molecule has 0 saturated carbocycles.